The molecule has 0 aliphatic carbocycles. The zero-order chi connectivity index (χ0) is 7.73. The van der Waals surface area contributed by atoms with E-state index in [9.17, 15) is 0 Å². The maximum Gasteiger partial charge on any atom is 0.0548 e. The van der Waals surface area contributed by atoms with Crippen molar-refractivity contribution >= 4 is 0 Å². The molecule has 3 nitrogen and oxygen atoms in total. The van der Waals surface area contributed by atoms with E-state index in [0.29, 0.717) is 11.3 Å². The van der Waals surface area contributed by atoms with Crippen LogP contribution < -0.4 is 11.1 Å². The number of piperidine rings is 1. The summed E-state index contributed by atoms with van der Waals surface area (Å²) in [5.74, 6) is 0.644. The molecule has 64 valence electrons. The van der Waals surface area contributed by atoms with Crippen LogP contribution >= 0.6 is 0 Å². The average molecular weight is 156 g/mol. The molecule has 1 spiro atoms. The molecule has 2 aliphatic rings. The van der Waals surface area contributed by atoms with Crippen molar-refractivity contribution in [3.05, 3.63) is 0 Å². The highest BCUT2D eigenvalue weighted by atomic mass is 16.5. The quantitative estimate of drug-likeness (QED) is 0.541. The fourth-order valence-corrected chi connectivity index (χ4v) is 2.11. The van der Waals surface area contributed by atoms with Crippen LogP contribution in [-0.2, 0) is 4.74 Å². The number of ether oxygens (including phenoxy) is 1. The van der Waals surface area contributed by atoms with Crippen molar-refractivity contribution in [2.75, 3.05) is 32.8 Å². The van der Waals surface area contributed by atoms with Gasteiger partial charge in [-0.25, -0.2) is 0 Å². The zero-order valence-electron chi connectivity index (χ0n) is 6.81. The van der Waals surface area contributed by atoms with Gasteiger partial charge in [0.1, 0.15) is 0 Å². The fraction of sp³-hybridized carbons (Fsp3) is 1.00. The van der Waals surface area contributed by atoms with Crippen LogP contribution in [0.4, 0.5) is 0 Å². The molecule has 0 saturated carbocycles. The number of nitrogens with two attached hydrogens (primary N) is 1. The van der Waals surface area contributed by atoms with Gasteiger partial charge in [-0.3, -0.25) is 0 Å². The van der Waals surface area contributed by atoms with E-state index >= 15 is 0 Å². The van der Waals surface area contributed by atoms with Crippen LogP contribution in [-0.4, -0.2) is 32.8 Å². The van der Waals surface area contributed by atoms with Crippen molar-refractivity contribution in [1.29, 1.82) is 0 Å². The van der Waals surface area contributed by atoms with E-state index in [2.05, 4.69) is 5.32 Å². The van der Waals surface area contributed by atoms with Crippen LogP contribution in [0.25, 0.3) is 0 Å². The number of rotatable bonds is 1. The molecule has 2 aliphatic heterocycles. The highest BCUT2D eigenvalue weighted by Gasteiger charge is 2.45. The summed E-state index contributed by atoms with van der Waals surface area (Å²) in [4.78, 5) is 0. The Morgan fingerprint density at radius 2 is 2.36 bits per heavy atom. The van der Waals surface area contributed by atoms with Crippen molar-refractivity contribution in [1.82, 2.24) is 5.32 Å². The smallest absolute Gasteiger partial charge is 0.0548 e. The van der Waals surface area contributed by atoms with E-state index in [4.69, 9.17) is 10.5 Å². The molecule has 0 amide bonds. The lowest BCUT2D eigenvalue weighted by Crippen LogP contribution is -2.58. The molecule has 1 atom stereocenters. The summed E-state index contributed by atoms with van der Waals surface area (Å²) >= 11 is 0. The lowest BCUT2D eigenvalue weighted by molar-refractivity contribution is -0.155. The first-order valence-electron chi connectivity index (χ1n) is 4.36. The van der Waals surface area contributed by atoms with E-state index in [0.717, 1.165) is 32.8 Å². The summed E-state index contributed by atoms with van der Waals surface area (Å²) in [6, 6.07) is 0. The molecule has 11 heavy (non-hydrogen) atoms. The lowest BCUT2D eigenvalue weighted by Gasteiger charge is -2.50. The second-order valence-electron chi connectivity index (χ2n) is 3.74. The Morgan fingerprint density at radius 3 is 2.82 bits per heavy atom. The molecule has 0 bridgehead atoms. The lowest BCUT2D eigenvalue weighted by atomic mass is 9.69. The molecule has 3 N–H and O–H groups in total. The Morgan fingerprint density at radius 1 is 1.55 bits per heavy atom. The van der Waals surface area contributed by atoms with E-state index < -0.39 is 0 Å². The third-order valence-electron chi connectivity index (χ3n) is 3.12. The van der Waals surface area contributed by atoms with Crippen LogP contribution in [0.2, 0.25) is 0 Å². The summed E-state index contributed by atoms with van der Waals surface area (Å²) in [6.07, 6.45) is 1.24. The molecule has 2 heterocycles. The first-order valence-corrected chi connectivity index (χ1v) is 4.36. The molecule has 3 heteroatoms. The van der Waals surface area contributed by atoms with Crippen molar-refractivity contribution in [3.8, 4) is 0 Å². The van der Waals surface area contributed by atoms with E-state index in [1.165, 1.54) is 6.42 Å². The van der Waals surface area contributed by atoms with Gasteiger partial charge in [-0.05, 0) is 32.0 Å². The first kappa shape index (κ1) is 7.53. The predicted molar refractivity (Wildman–Crippen MR) is 43.3 cm³/mol. The van der Waals surface area contributed by atoms with Gasteiger partial charge < -0.3 is 15.8 Å². The Kier molecular flexibility index (Phi) is 1.87. The number of hydrogen-bond donors (Lipinski definition) is 2. The Bertz CT molecular complexity index is 145. The molecule has 2 fully saturated rings. The zero-order valence-corrected chi connectivity index (χ0v) is 6.81. The molecular weight excluding hydrogens is 140 g/mol. The van der Waals surface area contributed by atoms with Crippen LogP contribution in [0.5, 0.6) is 0 Å². The van der Waals surface area contributed by atoms with Crippen molar-refractivity contribution in [3.63, 3.8) is 0 Å². The molecule has 0 radical (unpaired) electrons. The molecule has 0 aromatic rings. The first-order chi connectivity index (χ1) is 5.37. The topological polar surface area (TPSA) is 47.3 Å². The summed E-state index contributed by atoms with van der Waals surface area (Å²) in [5, 5.41) is 3.37. The minimum absolute atomic E-state index is 0.458. The minimum Gasteiger partial charge on any atom is -0.380 e. The fourth-order valence-electron chi connectivity index (χ4n) is 2.11. The maximum atomic E-state index is 5.69. The van der Waals surface area contributed by atoms with Gasteiger partial charge in [-0.2, -0.15) is 0 Å². The van der Waals surface area contributed by atoms with E-state index in [1.807, 2.05) is 0 Å². The van der Waals surface area contributed by atoms with Gasteiger partial charge in [0, 0.05) is 5.41 Å². The normalized spacial score (nSPS) is 35.2. The highest BCUT2D eigenvalue weighted by Crippen LogP contribution is 2.40. The van der Waals surface area contributed by atoms with Gasteiger partial charge in [0.15, 0.2) is 0 Å². The Labute approximate surface area is 67.3 Å². The second-order valence-corrected chi connectivity index (χ2v) is 3.74. The van der Waals surface area contributed by atoms with Gasteiger partial charge in [0.25, 0.3) is 0 Å². The Hall–Kier alpha value is -0.120. The van der Waals surface area contributed by atoms with Gasteiger partial charge in [0.2, 0.25) is 0 Å². The minimum atomic E-state index is 0.458. The maximum absolute atomic E-state index is 5.69. The number of nitrogens with one attached hydrogen (secondary N) is 1. The summed E-state index contributed by atoms with van der Waals surface area (Å²) in [5.41, 5.74) is 6.15. The summed E-state index contributed by atoms with van der Waals surface area (Å²) in [6.45, 7) is 4.91. The van der Waals surface area contributed by atoms with Crippen LogP contribution in [0.15, 0.2) is 0 Å². The third-order valence-corrected chi connectivity index (χ3v) is 3.12. The van der Waals surface area contributed by atoms with Crippen LogP contribution in [0.3, 0.4) is 0 Å². The van der Waals surface area contributed by atoms with E-state index in [1.54, 1.807) is 0 Å². The Balaban J connectivity index is 2.02. The molecule has 2 rings (SSSR count). The second kappa shape index (κ2) is 2.73. The van der Waals surface area contributed by atoms with Crippen molar-refractivity contribution < 1.29 is 4.74 Å². The highest BCUT2D eigenvalue weighted by molar-refractivity contribution is 4.96. The van der Waals surface area contributed by atoms with Crippen LogP contribution in [0.1, 0.15) is 6.42 Å². The van der Waals surface area contributed by atoms with Gasteiger partial charge in [-0.1, -0.05) is 0 Å². The van der Waals surface area contributed by atoms with Gasteiger partial charge >= 0.3 is 0 Å². The van der Waals surface area contributed by atoms with Gasteiger partial charge in [0.05, 0.1) is 13.2 Å². The SMILES string of the molecule is NCC1CNCCC12COC2. The average Bonchev–Trinajstić information content (AvgIpc) is 2.01. The van der Waals surface area contributed by atoms with Crippen molar-refractivity contribution in [2.24, 2.45) is 17.1 Å². The summed E-state index contributed by atoms with van der Waals surface area (Å²) < 4.78 is 5.26. The largest absolute Gasteiger partial charge is 0.380 e. The van der Waals surface area contributed by atoms with Gasteiger partial charge in [-0.15, -0.1) is 0 Å². The monoisotopic (exact) mass is 156 g/mol. The molecule has 2 saturated heterocycles. The summed E-state index contributed by atoms with van der Waals surface area (Å²) in [7, 11) is 0. The standard InChI is InChI=1S/C8H16N2O/c9-3-7-4-10-2-1-8(7)5-11-6-8/h7,10H,1-6,9H2. The molecule has 0 aromatic heterocycles. The van der Waals surface area contributed by atoms with Crippen LogP contribution in [0, 0.1) is 11.3 Å². The molecule has 1 unspecified atom stereocenters. The number of hydrogen-bond acceptors (Lipinski definition) is 3. The molecule has 0 aromatic carbocycles. The molecular formula is C8H16N2O. The third kappa shape index (κ3) is 1.08. The predicted octanol–water partition coefficient (Wildman–Crippen LogP) is -0.429. The van der Waals surface area contributed by atoms with E-state index in [-0.39, 0.29) is 0 Å². The van der Waals surface area contributed by atoms with Crippen molar-refractivity contribution in [2.45, 2.75) is 6.42 Å².